The molecule has 1 amide bonds. The van der Waals surface area contributed by atoms with Crippen molar-refractivity contribution in [3.63, 3.8) is 0 Å². The second kappa shape index (κ2) is 11.0. The van der Waals surface area contributed by atoms with E-state index in [4.69, 9.17) is 9.47 Å². The lowest BCUT2D eigenvalue weighted by molar-refractivity contribution is -0.145. The molecule has 1 heterocycles. The normalized spacial score (nSPS) is 19.5. The molecule has 0 N–H and O–H groups in total. The number of hydrogen-bond acceptors (Lipinski definition) is 5. The molecular formula is C29H31NO4S. The van der Waals surface area contributed by atoms with Crippen LogP contribution < -0.4 is 0 Å². The molecule has 1 aliphatic heterocycles. The van der Waals surface area contributed by atoms with Crippen molar-refractivity contribution in [1.29, 1.82) is 0 Å². The highest BCUT2D eigenvalue weighted by molar-refractivity contribution is 8.00. The van der Waals surface area contributed by atoms with E-state index in [2.05, 4.69) is 50.2 Å². The van der Waals surface area contributed by atoms with Gasteiger partial charge in [-0.1, -0.05) is 98.8 Å². The molecule has 0 bridgehead atoms. The van der Waals surface area contributed by atoms with Gasteiger partial charge in [-0.05, 0) is 33.9 Å². The summed E-state index contributed by atoms with van der Waals surface area (Å²) in [5.41, 5.74) is 4.26. The molecule has 0 aliphatic carbocycles. The van der Waals surface area contributed by atoms with Crippen LogP contribution in [0.2, 0.25) is 0 Å². The Morgan fingerprint density at radius 1 is 0.943 bits per heavy atom. The Morgan fingerprint density at radius 2 is 1.54 bits per heavy atom. The van der Waals surface area contributed by atoms with E-state index in [0.717, 1.165) is 22.3 Å². The predicted octanol–water partition coefficient (Wildman–Crippen LogP) is 6.27. The summed E-state index contributed by atoms with van der Waals surface area (Å²) in [6.45, 7) is 4.79. The molecule has 5 nitrogen and oxygen atoms in total. The van der Waals surface area contributed by atoms with Crippen LogP contribution >= 0.6 is 11.8 Å². The molecule has 2 atom stereocenters. The van der Waals surface area contributed by atoms with Crippen LogP contribution in [0.3, 0.4) is 0 Å². The quantitative estimate of drug-likeness (QED) is 0.366. The van der Waals surface area contributed by atoms with Crippen molar-refractivity contribution in [2.45, 2.75) is 42.9 Å². The van der Waals surface area contributed by atoms with Crippen LogP contribution in [0.5, 0.6) is 0 Å². The van der Waals surface area contributed by atoms with Gasteiger partial charge in [-0.25, -0.2) is 9.59 Å². The Morgan fingerprint density at radius 3 is 2.14 bits per heavy atom. The maximum atomic E-state index is 13.2. The van der Waals surface area contributed by atoms with E-state index in [1.54, 1.807) is 11.8 Å². The topological polar surface area (TPSA) is 55.8 Å². The minimum Gasteiger partial charge on any atom is -0.467 e. The van der Waals surface area contributed by atoms with Gasteiger partial charge in [-0.15, -0.1) is 11.8 Å². The van der Waals surface area contributed by atoms with Crippen LogP contribution in [-0.2, 0) is 25.6 Å². The summed E-state index contributed by atoms with van der Waals surface area (Å²) in [6.07, 6.45) is -0.0374. The fraction of sp³-hybridized carbons (Fsp3) is 0.310. The third-order valence-corrected chi connectivity index (χ3v) is 7.67. The van der Waals surface area contributed by atoms with Crippen molar-refractivity contribution in [2.75, 3.05) is 13.7 Å². The molecule has 4 rings (SSSR count). The third kappa shape index (κ3) is 5.70. The first-order valence-corrected chi connectivity index (χ1v) is 12.7. The minimum absolute atomic E-state index is 0.153. The van der Waals surface area contributed by atoms with Crippen LogP contribution in [0.4, 0.5) is 4.79 Å². The summed E-state index contributed by atoms with van der Waals surface area (Å²) in [4.78, 5) is 27.5. The lowest BCUT2D eigenvalue weighted by atomic mass is 9.93. The van der Waals surface area contributed by atoms with Crippen LogP contribution in [-0.4, -0.2) is 41.9 Å². The van der Waals surface area contributed by atoms with Crippen molar-refractivity contribution in [3.05, 3.63) is 96.1 Å². The molecule has 0 radical (unpaired) electrons. The van der Waals surface area contributed by atoms with Gasteiger partial charge in [0, 0.05) is 6.54 Å². The zero-order chi connectivity index (χ0) is 24.8. The molecule has 35 heavy (non-hydrogen) atoms. The summed E-state index contributed by atoms with van der Waals surface area (Å²) >= 11 is 1.77. The number of benzene rings is 3. The molecule has 0 spiro atoms. The average molecular weight is 490 g/mol. The summed E-state index contributed by atoms with van der Waals surface area (Å²) in [5.74, 6) is -0.422. The molecule has 1 aliphatic rings. The van der Waals surface area contributed by atoms with Crippen molar-refractivity contribution < 1.29 is 19.1 Å². The largest absolute Gasteiger partial charge is 0.467 e. The predicted molar refractivity (Wildman–Crippen MR) is 140 cm³/mol. The fourth-order valence-corrected chi connectivity index (χ4v) is 6.27. The maximum Gasteiger partial charge on any atom is 0.410 e. The van der Waals surface area contributed by atoms with Gasteiger partial charge >= 0.3 is 12.1 Å². The van der Waals surface area contributed by atoms with E-state index < -0.39 is 22.9 Å². The lowest BCUT2D eigenvalue weighted by Crippen LogP contribution is -2.41. The Bertz CT molecular complexity index is 1130. The molecule has 1 fully saturated rings. The number of thioether (sulfide) groups is 1. The second-order valence-electron chi connectivity index (χ2n) is 9.02. The van der Waals surface area contributed by atoms with E-state index in [0.29, 0.717) is 18.2 Å². The second-order valence-corrected chi connectivity index (χ2v) is 11.0. The van der Waals surface area contributed by atoms with E-state index in [1.165, 1.54) is 12.0 Å². The van der Waals surface area contributed by atoms with E-state index in [1.807, 2.05) is 48.5 Å². The fourth-order valence-electron chi connectivity index (χ4n) is 4.62. The highest BCUT2D eigenvalue weighted by Crippen LogP contribution is 2.49. The first-order valence-electron chi connectivity index (χ1n) is 11.8. The highest BCUT2D eigenvalue weighted by atomic mass is 32.2. The number of ether oxygens (including phenoxy) is 2. The smallest absolute Gasteiger partial charge is 0.410 e. The molecule has 3 aromatic carbocycles. The molecule has 1 saturated heterocycles. The van der Waals surface area contributed by atoms with E-state index in [9.17, 15) is 9.59 Å². The van der Waals surface area contributed by atoms with Crippen LogP contribution in [0.25, 0.3) is 11.1 Å². The molecule has 0 unspecified atom stereocenters. The summed E-state index contributed by atoms with van der Waals surface area (Å²) in [6, 6.07) is 27.5. The minimum atomic E-state index is -0.705. The van der Waals surface area contributed by atoms with Gasteiger partial charge < -0.3 is 9.47 Å². The monoisotopic (exact) mass is 489 g/mol. The summed E-state index contributed by atoms with van der Waals surface area (Å²) in [7, 11) is 1.36. The van der Waals surface area contributed by atoms with E-state index >= 15 is 0 Å². The first-order chi connectivity index (χ1) is 16.9. The van der Waals surface area contributed by atoms with Gasteiger partial charge in [-0.2, -0.15) is 0 Å². The zero-order valence-corrected chi connectivity index (χ0v) is 21.2. The van der Waals surface area contributed by atoms with Gasteiger partial charge in [0.05, 0.1) is 11.9 Å². The third-order valence-electron chi connectivity index (χ3n) is 6.22. The summed E-state index contributed by atoms with van der Waals surface area (Å²) in [5, 5.41) is 0.294. The van der Waals surface area contributed by atoms with Crippen molar-refractivity contribution in [3.8, 4) is 11.1 Å². The van der Waals surface area contributed by atoms with Crippen molar-refractivity contribution in [2.24, 2.45) is 0 Å². The van der Waals surface area contributed by atoms with Gasteiger partial charge in [0.2, 0.25) is 0 Å². The van der Waals surface area contributed by atoms with Crippen LogP contribution in [0.1, 0.15) is 31.4 Å². The molecule has 6 heteroatoms. The SMILES string of the molecule is COC(=O)[C@@H]1C[C@@](SC(C)C)(c2ccc(-c3ccccc3)cc2)CN1C(=O)OCc1ccccc1. The first kappa shape index (κ1) is 24.9. The Labute approximate surface area is 211 Å². The lowest BCUT2D eigenvalue weighted by Gasteiger charge is -2.31. The van der Waals surface area contributed by atoms with Crippen LogP contribution in [0.15, 0.2) is 84.9 Å². The average Bonchev–Trinajstić information content (AvgIpc) is 3.28. The number of rotatable bonds is 7. The molecule has 182 valence electrons. The van der Waals surface area contributed by atoms with Crippen molar-refractivity contribution >= 4 is 23.8 Å². The maximum absolute atomic E-state index is 13.2. The Kier molecular flexibility index (Phi) is 7.81. The van der Waals surface area contributed by atoms with Crippen molar-refractivity contribution in [1.82, 2.24) is 4.90 Å². The van der Waals surface area contributed by atoms with Gasteiger partial charge in [-0.3, -0.25) is 4.90 Å². The molecule has 3 aromatic rings. The number of methoxy groups -OCH3 is 1. The van der Waals surface area contributed by atoms with Gasteiger partial charge in [0.1, 0.15) is 12.6 Å². The number of nitrogens with zero attached hydrogens (tertiary/aromatic N) is 1. The number of amides is 1. The number of likely N-dealkylation sites (tertiary alicyclic amines) is 1. The standard InChI is InChI=1S/C29H31NO4S/c1-21(2)35-29(25-16-14-24(15-17-25)23-12-8-5-9-13-23)18-26(27(31)33-3)30(20-29)28(32)34-19-22-10-6-4-7-11-22/h4-17,21,26H,18-20H2,1-3H3/t26-,29-/m0/s1. The van der Waals surface area contributed by atoms with Crippen LogP contribution in [0, 0.1) is 0 Å². The molecule has 0 saturated carbocycles. The van der Waals surface area contributed by atoms with Gasteiger partial charge in [0.25, 0.3) is 0 Å². The molecular weight excluding hydrogens is 458 g/mol. The zero-order valence-electron chi connectivity index (χ0n) is 20.3. The number of carbonyl (C=O) groups excluding carboxylic acids is 2. The van der Waals surface area contributed by atoms with Gasteiger partial charge in [0.15, 0.2) is 0 Å². The Hall–Kier alpha value is -3.25. The molecule has 0 aromatic heterocycles. The summed E-state index contributed by atoms with van der Waals surface area (Å²) < 4.78 is 10.3. The highest BCUT2D eigenvalue weighted by Gasteiger charge is 2.51. The Balaban J connectivity index is 1.62. The van der Waals surface area contributed by atoms with E-state index in [-0.39, 0.29) is 6.61 Å². The number of esters is 1. The number of carbonyl (C=O) groups is 2. The number of hydrogen-bond donors (Lipinski definition) is 0.